The van der Waals surface area contributed by atoms with E-state index in [2.05, 4.69) is 4.98 Å². The number of anilines is 2. The zero-order chi connectivity index (χ0) is 13.8. The van der Waals surface area contributed by atoms with Crippen LogP contribution in [0.15, 0.2) is 42.6 Å². The second-order valence-corrected chi connectivity index (χ2v) is 4.02. The highest BCUT2D eigenvalue weighted by Crippen LogP contribution is 2.31. The van der Waals surface area contributed by atoms with Gasteiger partial charge in [-0.25, -0.2) is 4.98 Å². The molecule has 0 saturated heterocycles. The Morgan fingerprint density at radius 2 is 2.00 bits per heavy atom. The first-order valence-corrected chi connectivity index (χ1v) is 5.81. The van der Waals surface area contributed by atoms with Crippen LogP contribution in [0.3, 0.4) is 0 Å². The van der Waals surface area contributed by atoms with E-state index in [4.69, 9.17) is 15.9 Å². The molecule has 0 atom stereocenters. The first-order chi connectivity index (χ1) is 9.15. The number of amidine groups is 1. The van der Waals surface area contributed by atoms with Gasteiger partial charge in [0.2, 0.25) is 0 Å². The minimum atomic E-state index is 0.0253. The number of hydrogen-bond acceptors (Lipinski definition) is 4. The van der Waals surface area contributed by atoms with Crippen molar-refractivity contribution in [2.75, 3.05) is 19.1 Å². The van der Waals surface area contributed by atoms with Crippen LogP contribution in [0, 0.1) is 5.41 Å². The Kier molecular flexibility index (Phi) is 3.66. The number of pyridine rings is 1. The summed E-state index contributed by atoms with van der Waals surface area (Å²) in [5.74, 6) is 1.37. The highest BCUT2D eigenvalue weighted by molar-refractivity contribution is 6.01. The molecule has 0 fully saturated rings. The molecular formula is C14H16N4O. The Balaban J connectivity index is 2.50. The second kappa shape index (κ2) is 5.39. The Labute approximate surface area is 112 Å². The van der Waals surface area contributed by atoms with E-state index in [1.54, 1.807) is 13.3 Å². The molecule has 5 nitrogen and oxygen atoms in total. The summed E-state index contributed by atoms with van der Waals surface area (Å²) in [6, 6.07) is 11.1. The van der Waals surface area contributed by atoms with E-state index in [9.17, 15) is 0 Å². The van der Waals surface area contributed by atoms with Gasteiger partial charge >= 0.3 is 0 Å². The minimum Gasteiger partial charge on any atom is -0.493 e. The van der Waals surface area contributed by atoms with Gasteiger partial charge in [0.15, 0.2) is 11.6 Å². The van der Waals surface area contributed by atoms with Crippen LogP contribution in [0.1, 0.15) is 5.56 Å². The summed E-state index contributed by atoms with van der Waals surface area (Å²) in [4.78, 5) is 6.17. The number of para-hydroxylation sites is 1. The largest absolute Gasteiger partial charge is 0.493 e. The minimum absolute atomic E-state index is 0.0253. The van der Waals surface area contributed by atoms with Crippen LogP contribution in [-0.4, -0.2) is 25.0 Å². The number of rotatable bonds is 4. The predicted molar refractivity (Wildman–Crippen MR) is 76.3 cm³/mol. The summed E-state index contributed by atoms with van der Waals surface area (Å²) >= 11 is 0. The van der Waals surface area contributed by atoms with Gasteiger partial charge < -0.3 is 15.4 Å². The number of nitrogens with zero attached hydrogens (tertiary/aromatic N) is 2. The molecule has 2 rings (SSSR count). The molecule has 0 aliphatic heterocycles. The molecule has 0 saturated carbocycles. The van der Waals surface area contributed by atoms with Gasteiger partial charge in [-0.1, -0.05) is 12.1 Å². The van der Waals surface area contributed by atoms with Crippen LogP contribution in [0.4, 0.5) is 11.5 Å². The summed E-state index contributed by atoms with van der Waals surface area (Å²) in [7, 11) is 3.47. The lowest BCUT2D eigenvalue weighted by atomic mass is 10.1. The smallest absolute Gasteiger partial charge is 0.175 e. The Morgan fingerprint density at radius 3 is 2.68 bits per heavy atom. The Morgan fingerprint density at radius 1 is 1.26 bits per heavy atom. The molecule has 1 heterocycles. The summed E-state index contributed by atoms with van der Waals surface area (Å²) in [6.45, 7) is 0. The van der Waals surface area contributed by atoms with E-state index < -0.39 is 0 Å². The van der Waals surface area contributed by atoms with Crippen molar-refractivity contribution >= 4 is 17.3 Å². The van der Waals surface area contributed by atoms with E-state index in [1.165, 1.54) is 0 Å². The number of methoxy groups -OCH3 is 1. The molecule has 3 N–H and O–H groups in total. The van der Waals surface area contributed by atoms with Crippen LogP contribution < -0.4 is 15.4 Å². The maximum Gasteiger partial charge on any atom is 0.175 e. The van der Waals surface area contributed by atoms with Crippen molar-refractivity contribution in [1.29, 1.82) is 5.41 Å². The van der Waals surface area contributed by atoms with Gasteiger partial charge in [-0.2, -0.15) is 0 Å². The number of ether oxygens (including phenoxy) is 1. The number of hydrogen-bond donors (Lipinski definition) is 2. The number of benzene rings is 1. The molecule has 0 radical (unpaired) electrons. The van der Waals surface area contributed by atoms with Crippen LogP contribution in [0.25, 0.3) is 0 Å². The van der Waals surface area contributed by atoms with Crippen molar-refractivity contribution in [2.45, 2.75) is 0 Å². The molecule has 0 unspecified atom stereocenters. The van der Waals surface area contributed by atoms with Gasteiger partial charge in [0.1, 0.15) is 5.84 Å². The van der Waals surface area contributed by atoms with Crippen molar-refractivity contribution in [3.63, 3.8) is 0 Å². The van der Waals surface area contributed by atoms with Crippen molar-refractivity contribution in [3.8, 4) is 5.75 Å². The number of nitrogens with two attached hydrogens (primary N) is 1. The lowest BCUT2D eigenvalue weighted by molar-refractivity contribution is 0.414. The summed E-state index contributed by atoms with van der Waals surface area (Å²) in [5, 5.41) is 7.63. The molecular weight excluding hydrogens is 240 g/mol. The van der Waals surface area contributed by atoms with Crippen molar-refractivity contribution in [1.82, 2.24) is 4.98 Å². The van der Waals surface area contributed by atoms with Gasteiger partial charge in [-0.15, -0.1) is 0 Å². The van der Waals surface area contributed by atoms with Crippen LogP contribution in [0.2, 0.25) is 0 Å². The molecule has 1 aromatic heterocycles. The molecule has 1 aromatic carbocycles. The molecule has 98 valence electrons. The van der Waals surface area contributed by atoms with Crippen molar-refractivity contribution < 1.29 is 4.74 Å². The monoisotopic (exact) mass is 256 g/mol. The average molecular weight is 256 g/mol. The molecule has 2 aromatic rings. The average Bonchev–Trinajstić information content (AvgIpc) is 2.46. The van der Waals surface area contributed by atoms with E-state index in [0.717, 1.165) is 5.69 Å². The van der Waals surface area contributed by atoms with Crippen LogP contribution in [0.5, 0.6) is 5.75 Å². The van der Waals surface area contributed by atoms with Gasteiger partial charge in [0.05, 0.1) is 12.8 Å². The normalized spacial score (nSPS) is 10.0. The van der Waals surface area contributed by atoms with Gasteiger partial charge in [-0.3, -0.25) is 5.41 Å². The standard InChI is InChI=1S/C14H16N4O/c1-18(14-12(19-2)8-5-9-17-14)11-7-4-3-6-10(11)13(15)16/h3-9H,1-2H3,(H3,15,16). The fourth-order valence-electron chi connectivity index (χ4n) is 1.90. The molecule has 0 amide bonds. The number of nitrogens with one attached hydrogen (secondary N) is 1. The molecule has 0 aliphatic rings. The molecule has 5 heteroatoms. The Bertz CT molecular complexity index is 598. The maximum absolute atomic E-state index is 7.63. The summed E-state index contributed by atoms with van der Waals surface area (Å²) in [5.41, 5.74) is 7.08. The molecule has 0 aliphatic carbocycles. The Hall–Kier alpha value is -2.56. The third-order valence-corrected chi connectivity index (χ3v) is 2.84. The van der Waals surface area contributed by atoms with E-state index in [-0.39, 0.29) is 5.84 Å². The van der Waals surface area contributed by atoms with Crippen molar-refractivity contribution in [3.05, 3.63) is 48.2 Å². The molecule has 19 heavy (non-hydrogen) atoms. The quantitative estimate of drug-likeness (QED) is 0.649. The lowest BCUT2D eigenvalue weighted by Crippen LogP contribution is -2.19. The maximum atomic E-state index is 7.63. The fraction of sp³-hybridized carbons (Fsp3) is 0.143. The van der Waals surface area contributed by atoms with Gasteiger partial charge in [0.25, 0.3) is 0 Å². The first kappa shape index (κ1) is 12.9. The molecule has 0 bridgehead atoms. The molecule has 0 spiro atoms. The van der Waals surface area contributed by atoms with Crippen LogP contribution >= 0.6 is 0 Å². The zero-order valence-corrected chi connectivity index (χ0v) is 10.9. The van der Waals surface area contributed by atoms with Gasteiger partial charge in [0, 0.05) is 18.8 Å². The third kappa shape index (κ3) is 2.49. The van der Waals surface area contributed by atoms with E-state index in [0.29, 0.717) is 17.1 Å². The first-order valence-electron chi connectivity index (χ1n) is 5.81. The van der Waals surface area contributed by atoms with E-state index >= 15 is 0 Å². The predicted octanol–water partition coefficient (Wildman–Crippen LogP) is 2.14. The SMILES string of the molecule is COc1cccnc1N(C)c1ccccc1C(=N)N. The fourth-order valence-corrected chi connectivity index (χ4v) is 1.90. The number of aromatic nitrogens is 1. The highest BCUT2D eigenvalue weighted by atomic mass is 16.5. The third-order valence-electron chi connectivity index (χ3n) is 2.84. The topological polar surface area (TPSA) is 75.2 Å². The zero-order valence-electron chi connectivity index (χ0n) is 10.9. The summed E-state index contributed by atoms with van der Waals surface area (Å²) < 4.78 is 5.30. The van der Waals surface area contributed by atoms with E-state index in [1.807, 2.05) is 48.3 Å². The lowest BCUT2D eigenvalue weighted by Gasteiger charge is -2.22. The van der Waals surface area contributed by atoms with Gasteiger partial charge in [-0.05, 0) is 24.3 Å². The second-order valence-electron chi connectivity index (χ2n) is 4.02. The van der Waals surface area contributed by atoms with Crippen LogP contribution in [-0.2, 0) is 0 Å². The summed E-state index contributed by atoms with van der Waals surface area (Å²) in [6.07, 6.45) is 1.70. The highest BCUT2D eigenvalue weighted by Gasteiger charge is 2.15. The number of nitrogen functional groups attached to an aromatic ring is 1. The van der Waals surface area contributed by atoms with Crippen molar-refractivity contribution in [2.24, 2.45) is 5.73 Å².